The van der Waals surface area contributed by atoms with Gasteiger partial charge in [0.05, 0.1) is 0 Å². The molecule has 0 bridgehead atoms. The molecule has 1 atom stereocenters. The van der Waals surface area contributed by atoms with Gasteiger partial charge in [-0.25, -0.2) is 4.79 Å². The molecule has 0 aliphatic heterocycles. The first-order valence-electron chi connectivity index (χ1n) is 8.43. The number of carbonyl (C=O) groups excluding carboxylic acids is 2. The van der Waals surface area contributed by atoms with Crippen molar-refractivity contribution in [3.05, 3.63) is 66.4 Å². The third-order valence-corrected chi connectivity index (χ3v) is 4.16. The predicted molar refractivity (Wildman–Crippen MR) is 103 cm³/mol. The zero-order valence-corrected chi connectivity index (χ0v) is 14.8. The first kappa shape index (κ1) is 17.5. The lowest BCUT2D eigenvalue weighted by molar-refractivity contribution is -0.117. The fourth-order valence-electron chi connectivity index (χ4n) is 2.76. The minimum Gasteiger partial charge on any atom is -0.361 e. The number of urea groups is 1. The Morgan fingerprint density at radius 2 is 1.73 bits per heavy atom. The molecule has 134 valence electrons. The maximum atomic E-state index is 12.8. The molecule has 0 aliphatic carbocycles. The lowest BCUT2D eigenvalue weighted by Crippen LogP contribution is -2.48. The molecule has 0 aliphatic rings. The van der Waals surface area contributed by atoms with Gasteiger partial charge in [0.15, 0.2) is 0 Å². The summed E-state index contributed by atoms with van der Waals surface area (Å²) in [6.45, 7) is 0. The van der Waals surface area contributed by atoms with Crippen LogP contribution in [0.5, 0.6) is 0 Å². The second-order valence-corrected chi connectivity index (χ2v) is 6.32. The van der Waals surface area contributed by atoms with Crippen molar-refractivity contribution >= 4 is 28.5 Å². The Kier molecular flexibility index (Phi) is 5.22. The molecule has 3 aromatic rings. The van der Waals surface area contributed by atoms with Gasteiger partial charge in [-0.2, -0.15) is 0 Å². The fourth-order valence-corrected chi connectivity index (χ4v) is 2.76. The smallest absolute Gasteiger partial charge is 0.317 e. The molecule has 1 heterocycles. The van der Waals surface area contributed by atoms with Gasteiger partial charge in [0.2, 0.25) is 5.91 Å². The van der Waals surface area contributed by atoms with Crippen molar-refractivity contribution in [2.45, 2.75) is 12.5 Å². The van der Waals surface area contributed by atoms with E-state index in [-0.39, 0.29) is 11.9 Å². The molecular weight excluding hydrogens is 328 g/mol. The normalized spacial score (nSPS) is 11.8. The summed E-state index contributed by atoms with van der Waals surface area (Å²) >= 11 is 0. The van der Waals surface area contributed by atoms with E-state index in [1.165, 1.54) is 4.90 Å². The number of anilines is 1. The third-order valence-electron chi connectivity index (χ3n) is 4.16. The van der Waals surface area contributed by atoms with Gasteiger partial charge in [0, 0.05) is 43.3 Å². The van der Waals surface area contributed by atoms with E-state index in [2.05, 4.69) is 15.6 Å². The van der Waals surface area contributed by atoms with Crippen molar-refractivity contribution in [2.24, 2.45) is 0 Å². The van der Waals surface area contributed by atoms with Gasteiger partial charge in [-0.05, 0) is 23.8 Å². The quantitative estimate of drug-likeness (QED) is 0.661. The first-order valence-corrected chi connectivity index (χ1v) is 8.43. The highest BCUT2D eigenvalue weighted by Crippen LogP contribution is 2.19. The summed E-state index contributed by atoms with van der Waals surface area (Å²) in [5.74, 6) is -0.253. The van der Waals surface area contributed by atoms with Crippen molar-refractivity contribution in [3.8, 4) is 0 Å². The monoisotopic (exact) mass is 350 g/mol. The Bertz CT molecular complexity index is 902. The van der Waals surface area contributed by atoms with E-state index in [1.807, 2.05) is 60.8 Å². The molecule has 0 spiro atoms. The van der Waals surface area contributed by atoms with E-state index in [0.29, 0.717) is 12.1 Å². The number of nitrogens with zero attached hydrogens (tertiary/aromatic N) is 1. The van der Waals surface area contributed by atoms with Gasteiger partial charge in [0.25, 0.3) is 0 Å². The van der Waals surface area contributed by atoms with Crippen molar-refractivity contribution in [2.75, 3.05) is 19.4 Å². The van der Waals surface area contributed by atoms with Gasteiger partial charge in [0.1, 0.15) is 6.04 Å². The number of fused-ring (bicyclic) bond motifs is 1. The van der Waals surface area contributed by atoms with E-state index in [4.69, 9.17) is 0 Å². The first-order chi connectivity index (χ1) is 12.5. The molecule has 2 aromatic carbocycles. The van der Waals surface area contributed by atoms with Gasteiger partial charge in [-0.1, -0.05) is 36.4 Å². The second-order valence-electron chi connectivity index (χ2n) is 6.32. The molecule has 0 saturated carbocycles. The lowest BCUT2D eigenvalue weighted by atomic mass is 10.0. The van der Waals surface area contributed by atoms with E-state index in [1.54, 1.807) is 14.1 Å². The summed E-state index contributed by atoms with van der Waals surface area (Å²) < 4.78 is 0. The third kappa shape index (κ3) is 4.03. The highest BCUT2D eigenvalue weighted by Gasteiger charge is 2.23. The van der Waals surface area contributed by atoms with E-state index in [0.717, 1.165) is 16.5 Å². The SMILES string of the molecule is CN(C)C(=O)N[C@@H](Cc1c[nH]c2ccccc12)C(=O)Nc1ccccc1. The lowest BCUT2D eigenvalue weighted by Gasteiger charge is -2.21. The summed E-state index contributed by atoms with van der Waals surface area (Å²) in [6, 6.07) is 16.1. The zero-order chi connectivity index (χ0) is 18.5. The average molecular weight is 350 g/mol. The van der Waals surface area contributed by atoms with Crippen LogP contribution in [0, 0.1) is 0 Å². The van der Waals surface area contributed by atoms with Gasteiger partial charge >= 0.3 is 6.03 Å². The topological polar surface area (TPSA) is 77.2 Å². The molecule has 0 unspecified atom stereocenters. The van der Waals surface area contributed by atoms with Gasteiger partial charge < -0.3 is 20.5 Å². The highest BCUT2D eigenvalue weighted by molar-refractivity contribution is 5.97. The maximum Gasteiger partial charge on any atom is 0.317 e. The number of para-hydroxylation sites is 2. The molecule has 3 rings (SSSR count). The van der Waals surface area contributed by atoms with E-state index < -0.39 is 6.04 Å². The molecule has 1 aromatic heterocycles. The minimum absolute atomic E-state index is 0.253. The molecule has 26 heavy (non-hydrogen) atoms. The second kappa shape index (κ2) is 7.74. The fraction of sp³-hybridized carbons (Fsp3) is 0.200. The number of aromatic amines is 1. The molecule has 6 nitrogen and oxygen atoms in total. The minimum atomic E-state index is -0.690. The number of amides is 3. The molecular formula is C20H22N4O2. The largest absolute Gasteiger partial charge is 0.361 e. The number of nitrogens with one attached hydrogen (secondary N) is 3. The van der Waals surface area contributed by atoms with Gasteiger partial charge in [-0.15, -0.1) is 0 Å². The van der Waals surface area contributed by atoms with Crippen LogP contribution in [0.4, 0.5) is 10.5 Å². The van der Waals surface area contributed by atoms with Gasteiger partial charge in [-0.3, -0.25) is 4.79 Å². The van der Waals surface area contributed by atoms with E-state index in [9.17, 15) is 9.59 Å². The summed E-state index contributed by atoms with van der Waals surface area (Å²) in [7, 11) is 3.29. The van der Waals surface area contributed by atoms with Crippen LogP contribution in [0.25, 0.3) is 10.9 Å². The Balaban J connectivity index is 1.82. The number of benzene rings is 2. The maximum absolute atomic E-state index is 12.8. The molecule has 0 radical (unpaired) electrons. The van der Waals surface area contributed by atoms with Crippen molar-refractivity contribution in [3.63, 3.8) is 0 Å². The van der Waals surface area contributed by atoms with Crippen LogP contribution in [-0.4, -0.2) is 42.0 Å². The summed E-state index contributed by atoms with van der Waals surface area (Å²) in [5, 5.41) is 6.71. The van der Waals surface area contributed by atoms with Crippen LogP contribution in [0.2, 0.25) is 0 Å². The number of rotatable bonds is 5. The number of hydrogen-bond donors (Lipinski definition) is 3. The summed E-state index contributed by atoms with van der Waals surface area (Å²) in [5.41, 5.74) is 2.68. The van der Waals surface area contributed by atoms with Crippen molar-refractivity contribution in [1.29, 1.82) is 0 Å². The zero-order valence-electron chi connectivity index (χ0n) is 14.8. The van der Waals surface area contributed by atoms with E-state index >= 15 is 0 Å². The summed E-state index contributed by atoms with van der Waals surface area (Å²) in [6.07, 6.45) is 2.28. The average Bonchev–Trinajstić information content (AvgIpc) is 3.05. The summed E-state index contributed by atoms with van der Waals surface area (Å²) in [4.78, 5) is 29.5. The van der Waals surface area contributed by atoms with Crippen LogP contribution < -0.4 is 10.6 Å². The Hall–Kier alpha value is -3.28. The molecule has 3 N–H and O–H groups in total. The number of hydrogen-bond acceptors (Lipinski definition) is 2. The Morgan fingerprint density at radius 1 is 1.04 bits per heavy atom. The standard InChI is InChI=1S/C20H22N4O2/c1-24(2)20(26)23-18(19(25)22-15-8-4-3-5-9-15)12-14-13-21-17-11-7-6-10-16(14)17/h3-11,13,18,21H,12H2,1-2H3,(H,22,25)(H,23,26)/t18-/m0/s1. The van der Waals surface area contributed by atoms with Crippen LogP contribution in [0.3, 0.4) is 0 Å². The predicted octanol–water partition coefficient (Wildman–Crippen LogP) is 2.99. The Morgan fingerprint density at radius 3 is 2.46 bits per heavy atom. The number of aromatic nitrogens is 1. The van der Waals surface area contributed by atoms with Crippen LogP contribution >= 0.6 is 0 Å². The van der Waals surface area contributed by atoms with Crippen LogP contribution in [0.1, 0.15) is 5.56 Å². The number of H-pyrrole nitrogens is 1. The van der Waals surface area contributed by atoms with Crippen molar-refractivity contribution < 1.29 is 9.59 Å². The Labute approximate surface area is 152 Å². The number of carbonyl (C=O) groups is 2. The van der Waals surface area contributed by atoms with Crippen LogP contribution in [0.15, 0.2) is 60.8 Å². The molecule has 6 heteroatoms. The van der Waals surface area contributed by atoms with Crippen molar-refractivity contribution in [1.82, 2.24) is 15.2 Å². The molecule has 3 amide bonds. The highest BCUT2D eigenvalue weighted by atomic mass is 16.2. The molecule has 0 saturated heterocycles. The molecule has 0 fully saturated rings. The van der Waals surface area contributed by atoms with Crippen LogP contribution in [-0.2, 0) is 11.2 Å².